The third kappa shape index (κ3) is 4.18. The summed E-state index contributed by atoms with van der Waals surface area (Å²) in [7, 11) is 0. The van der Waals surface area contributed by atoms with Gasteiger partial charge >= 0.3 is 5.76 Å². The standard InChI is InChI=1S/C19H19N3O4/c23-17(20-11-12-21-18(24)14-6-2-1-3-7-14)10-13-22-15-8-4-5-9-16(15)26-19(22)25/h1-9H,10-13H2,(H,20,23)(H,21,24). The average molecular weight is 353 g/mol. The molecule has 7 nitrogen and oxygen atoms in total. The van der Waals surface area contributed by atoms with Gasteiger partial charge < -0.3 is 15.1 Å². The van der Waals surface area contributed by atoms with Crippen LogP contribution in [0.2, 0.25) is 0 Å². The molecule has 0 aliphatic carbocycles. The molecular formula is C19H19N3O4. The highest BCUT2D eigenvalue weighted by atomic mass is 16.4. The molecule has 26 heavy (non-hydrogen) atoms. The van der Waals surface area contributed by atoms with Crippen molar-refractivity contribution in [2.75, 3.05) is 13.1 Å². The summed E-state index contributed by atoms with van der Waals surface area (Å²) in [5.74, 6) is -0.860. The van der Waals surface area contributed by atoms with Gasteiger partial charge in [-0.1, -0.05) is 30.3 Å². The van der Waals surface area contributed by atoms with Gasteiger partial charge in [0, 0.05) is 31.6 Å². The molecule has 0 aliphatic rings. The molecule has 0 radical (unpaired) electrons. The number of amides is 2. The minimum atomic E-state index is -0.478. The Morgan fingerprint density at radius 2 is 1.62 bits per heavy atom. The summed E-state index contributed by atoms with van der Waals surface area (Å²) in [5, 5.41) is 5.45. The molecule has 1 aromatic heterocycles. The van der Waals surface area contributed by atoms with Crippen molar-refractivity contribution in [3.05, 3.63) is 70.7 Å². The molecule has 3 rings (SSSR count). The van der Waals surface area contributed by atoms with E-state index in [-0.39, 0.29) is 24.8 Å². The molecule has 0 bridgehead atoms. The number of hydrogen-bond donors (Lipinski definition) is 2. The summed E-state index contributed by atoms with van der Waals surface area (Å²) < 4.78 is 6.56. The minimum absolute atomic E-state index is 0.149. The van der Waals surface area contributed by atoms with Crippen LogP contribution in [0.4, 0.5) is 0 Å². The zero-order valence-corrected chi connectivity index (χ0v) is 14.1. The molecule has 2 aromatic carbocycles. The van der Waals surface area contributed by atoms with Crippen molar-refractivity contribution in [2.45, 2.75) is 13.0 Å². The van der Waals surface area contributed by atoms with Gasteiger partial charge in [-0.25, -0.2) is 4.79 Å². The van der Waals surface area contributed by atoms with E-state index in [0.717, 1.165) is 0 Å². The Bertz CT molecular complexity index is 960. The number of para-hydroxylation sites is 2. The smallest absolute Gasteiger partial charge is 0.408 e. The molecule has 2 amide bonds. The van der Waals surface area contributed by atoms with Crippen molar-refractivity contribution in [3.8, 4) is 0 Å². The fourth-order valence-electron chi connectivity index (χ4n) is 2.60. The summed E-state index contributed by atoms with van der Waals surface area (Å²) in [6.07, 6.45) is 0.149. The number of rotatable bonds is 7. The molecule has 0 atom stereocenters. The second-order valence-corrected chi connectivity index (χ2v) is 5.71. The van der Waals surface area contributed by atoms with E-state index in [4.69, 9.17) is 4.42 Å². The highest BCUT2D eigenvalue weighted by Gasteiger charge is 2.10. The zero-order chi connectivity index (χ0) is 18.4. The summed E-state index contributed by atoms with van der Waals surface area (Å²) in [6, 6.07) is 15.9. The van der Waals surface area contributed by atoms with E-state index in [1.165, 1.54) is 4.57 Å². The maximum atomic E-state index is 11.9. The first-order valence-electron chi connectivity index (χ1n) is 8.33. The predicted molar refractivity (Wildman–Crippen MR) is 96.9 cm³/mol. The molecule has 1 heterocycles. The van der Waals surface area contributed by atoms with Gasteiger partial charge in [-0.15, -0.1) is 0 Å². The number of hydrogen-bond acceptors (Lipinski definition) is 4. The van der Waals surface area contributed by atoms with Crippen LogP contribution in [0.25, 0.3) is 11.1 Å². The molecule has 0 fully saturated rings. The van der Waals surface area contributed by atoms with Crippen LogP contribution in [-0.4, -0.2) is 29.5 Å². The maximum Gasteiger partial charge on any atom is 0.419 e. The Kier molecular flexibility index (Phi) is 5.48. The van der Waals surface area contributed by atoms with E-state index in [9.17, 15) is 14.4 Å². The lowest BCUT2D eigenvalue weighted by atomic mass is 10.2. The van der Waals surface area contributed by atoms with E-state index >= 15 is 0 Å². The van der Waals surface area contributed by atoms with Gasteiger partial charge in [0.15, 0.2) is 5.58 Å². The van der Waals surface area contributed by atoms with Crippen LogP contribution in [-0.2, 0) is 11.3 Å². The third-order valence-electron chi connectivity index (χ3n) is 3.90. The number of carbonyl (C=O) groups is 2. The van der Waals surface area contributed by atoms with Crippen molar-refractivity contribution in [2.24, 2.45) is 0 Å². The average Bonchev–Trinajstić information content (AvgIpc) is 2.99. The first-order valence-corrected chi connectivity index (χ1v) is 8.33. The topological polar surface area (TPSA) is 93.3 Å². The Hall–Kier alpha value is -3.35. The minimum Gasteiger partial charge on any atom is -0.408 e. The number of nitrogens with zero attached hydrogens (tertiary/aromatic N) is 1. The molecule has 3 aromatic rings. The second kappa shape index (κ2) is 8.15. The van der Waals surface area contributed by atoms with Crippen LogP contribution < -0.4 is 16.4 Å². The zero-order valence-electron chi connectivity index (χ0n) is 14.1. The highest BCUT2D eigenvalue weighted by Crippen LogP contribution is 2.11. The van der Waals surface area contributed by atoms with Gasteiger partial charge in [0.25, 0.3) is 5.91 Å². The van der Waals surface area contributed by atoms with E-state index in [1.807, 2.05) is 12.1 Å². The predicted octanol–water partition coefficient (Wildman–Crippen LogP) is 1.53. The normalized spacial score (nSPS) is 10.6. The highest BCUT2D eigenvalue weighted by molar-refractivity contribution is 5.94. The van der Waals surface area contributed by atoms with Gasteiger partial charge in [-0.05, 0) is 24.3 Å². The summed E-state index contributed by atoms with van der Waals surface area (Å²) in [6.45, 7) is 0.880. The molecule has 0 spiro atoms. The molecule has 2 N–H and O–H groups in total. The van der Waals surface area contributed by atoms with Crippen LogP contribution in [0.3, 0.4) is 0 Å². The first-order chi connectivity index (χ1) is 12.6. The number of nitrogens with one attached hydrogen (secondary N) is 2. The number of fused-ring (bicyclic) bond motifs is 1. The van der Waals surface area contributed by atoms with Crippen LogP contribution in [0.15, 0.2) is 63.8 Å². The van der Waals surface area contributed by atoms with Gasteiger partial charge in [-0.2, -0.15) is 0 Å². The monoisotopic (exact) mass is 353 g/mol. The fourth-order valence-corrected chi connectivity index (χ4v) is 2.60. The van der Waals surface area contributed by atoms with Crippen LogP contribution >= 0.6 is 0 Å². The largest absolute Gasteiger partial charge is 0.419 e. The summed E-state index contributed by atoms with van der Waals surface area (Å²) in [4.78, 5) is 35.6. The lowest BCUT2D eigenvalue weighted by Crippen LogP contribution is -2.35. The Balaban J connectivity index is 1.42. The van der Waals surface area contributed by atoms with Crippen LogP contribution in [0.5, 0.6) is 0 Å². The Morgan fingerprint density at radius 1 is 0.923 bits per heavy atom. The van der Waals surface area contributed by atoms with Crippen molar-refractivity contribution in [1.82, 2.24) is 15.2 Å². The first kappa shape index (κ1) is 17.5. The third-order valence-corrected chi connectivity index (χ3v) is 3.90. The SMILES string of the molecule is O=C(CCn1c(=O)oc2ccccc21)NCCNC(=O)c1ccccc1. The number of aromatic nitrogens is 1. The summed E-state index contributed by atoms with van der Waals surface area (Å²) in [5.41, 5.74) is 1.74. The van der Waals surface area contributed by atoms with E-state index in [0.29, 0.717) is 29.8 Å². The van der Waals surface area contributed by atoms with Crippen LogP contribution in [0.1, 0.15) is 16.8 Å². The molecule has 134 valence electrons. The number of oxazole rings is 1. The summed E-state index contributed by atoms with van der Waals surface area (Å²) >= 11 is 0. The van der Waals surface area contributed by atoms with Gasteiger partial charge in [-0.3, -0.25) is 14.2 Å². The van der Waals surface area contributed by atoms with Crippen molar-refractivity contribution in [1.29, 1.82) is 0 Å². The van der Waals surface area contributed by atoms with E-state index in [2.05, 4.69) is 10.6 Å². The fraction of sp³-hybridized carbons (Fsp3) is 0.211. The lowest BCUT2D eigenvalue weighted by Gasteiger charge is -2.07. The number of benzene rings is 2. The molecule has 0 unspecified atom stereocenters. The molecule has 0 saturated carbocycles. The quantitative estimate of drug-likeness (QED) is 0.630. The Labute approximate surface area is 149 Å². The molecule has 0 aliphatic heterocycles. The Morgan fingerprint density at radius 3 is 2.42 bits per heavy atom. The van der Waals surface area contributed by atoms with Gasteiger partial charge in [0.2, 0.25) is 5.91 Å². The van der Waals surface area contributed by atoms with Crippen molar-refractivity contribution >= 4 is 22.9 Å². The molecule has 0 saturated heterocycles. The van der Waals surface area contributed by atoms with E-state index < -0.39 is 5.76 Å². The van der Waals surface area contributed by atoms with E-state index in [1.54, 1.807) is 42.5 Å². The van der Waals surface area contributed by atoms with Crippen molar-refractivity contribution in [3.63, 3.8) is 0 Å². The number of aryl methyl sites for hydroxylation is 1. The molecule has 7 heteroatoms. The van der Waals surface area contributed by atoms with Gasteiger partial charge in [0.1, 0.15) is 0 Å². The lowest BCUT2D eigenvalue weighted by molar-refractivity contribution is -0.121. The number of carbonyl (C=O) groups excluding carboxylic acids is 2. The molecular weight excluding hydrogens is 334 g/mol. The van der Waals surface area contributed by atoms with Crippen molar-refractivity contribution < 1.29 is 14.0 Å². The van der Waals surface area contributed by atoms with Gasteiger partial charge in [0.05, 0.1) is 5.52 Å². The maximum absolute atomic E-state index is 11.9. The van der Waals surface area contributed by atoms with Crippen LogP contribution in [0, 0.1) is 0 Å². The second-order valence-electron chi connectivity index (χ2n) is 5.71.